The molecule has 0 heteroatoms. The van der Waals surface area contributed by atoms with E-state index in [4.69, 9.17) is 6.58 Å². The van der Waals surface area contributed by atoms with E-state index < -0.39 is 0 Å². The van der Waals surface area contributed by atoms with Crippen LogP contribution in [0.1, 0.15) is 75.8 Å². The fourth-order valence-corrected chi connectivity index (χ4v) is 6.76. The van der Waals surface area contributed by atoms with Gasteiger partial charge in [-0.25, -0.2) is 0 Å². The van der Waals surface area contributed by atoms with Gasteiger partial charge >= 0.3 is 0 Å². The number of hydrogen-bond acceptors (Lipinski definition) is 0. The van der Waals surface area contributed by atoms with E-state index in [1.807, 2.05) is 0 Å². The monoisotopic (exact) mass is 446 g/mol. The van der Waals surface area contributed by atoms with Gasteiger partial charge in [0.1, 0.15) is 0 Å². The molecule has 0 aliphatic heterocycles. The van der Waals surface area contributed by atoms with Crippen molar-refractivity contribution in [2.75, 3.05) is 0 Å². The SMILES string of the molecule is C=C(c1ccc(-c2ccccc2)cc1)[C@@]12CCC[C@@H]1CC(CCCCCC)=C2c1ccccc1. The summed E-state index contributed by atoms with van der Waals surface area (Å²) in [6.45, 7) is 7.13. The molecule has 5 rings (SSSR count). The van der Waals surface area contributed by atoms with Crippen molar-refractivity contribution in [3.8, 4) is 11.1 Å². The predicted octanol–water partition coefficient (Wildman–Crippen LogP) is 9.98. The molecule has 0 aromatic heterocycles. The van der Waals surface area contributed by atoms with Crippen LogP contribution in [0.5, 0.6) is 0 Å². The molecule has 34 heavy (non-hydrogen) atoms. The van der Waals surface area contributed by atoms with E-state index in [0.717, 1.165) is 0 Å². The number of benzene rings is 3. The smallest absolute Gasteiger partial charge is 0.0239 e. The molecule has 1 saturated carbocycles. The first-order valence-corrected chi connectivity index (χ1v) is 13.4. The minimum absolute atomic E-state index is 0.0930. The minimum atomic E-state index is 0.0930. The van der Waals surface area contributed by atoms with Crippen LogP contribution in [0.4, 0.5) is 0 Å². The molecular formula is C34H38. The third-order valence-corrected chi connectivity index (χ3v) is 8.39. The number of hydrogen-bond donors (Lipinski definition) is 0. The first kappa shape index (κ1) is 22.9. The van der Waals surface area contributed by atoms with Crippen LogP contribution in [0.15, 0.2) is 97.1 Å². The van der Waals surface area contributed by atoms with E-state index in [0.29, 0.717) is 5.92 Å². The molecule has 0 spiro atoms. The van der Waals surface area contributed by atoms with Crippen LogP contribution >= 0.6 is 0 Å². The van der Waals surface area contributed by atoms with E-state index in [-0.39, 0.29) is 5.41 Å². The lowest BCUT2D eigenvalue weighted by Gasteiger charge is -2.36. The second-order valence-corrected chi connectivity index (χ2v) is 10.3. The van der Waals surface area contributed by atoms with E-state index >= 15 is 0 Å². The number of allylic oxidation sites excluding steroid dienone is 3. The van der Waals surface area contributed by atoms with E-state index in [1.165, 1.54) is 85.6 Å². The highest BCUT2D eigenvalue weighted by atomic mass is 14.6. The quantitative estimate of drug-likeness (QED) is 0.287. The molecule has 0 unspecified atom stereocenters. The molecule has 1 fully saturated rings. The molecular weight excluding hydrogens is 408 g/mol. The molecule has 174 valence electrons. The lowest BCUT2D eigenvalue weighted by Crippen LogP contribution is -2.24. The predicted molar refractivity (Wildman–Crippen MR) is 147 cm³/mol. The summed E-state index contributed by atoms with van der Waals surface area (Å²) in [6.07, 6.45) is 11.7. The van der Waals surface area contributed by atoms with Crippen molar-refractivity contribution in [2.24, 2.45) is 11.3 Å². The topological polar surface area (TPSA) is 0 Å². The van der Waals surface area contributed by atoms with Crippen LogP contribution in [0.2, 0.25) is 0 Å². The van der Waals surface area contributed by atoms with Crippen molar-refractivity contribution in [1.29, 1.82) is 0 Å². The van der Waals surface area contributed by atoms with Crippen LogP contribution in [-0.2, 0) is 0 Å². The zero-order valence-corrected chi connectivity index (χ0v) is 20.7. The highest BCUT2D eigenvalue weighted by molar-refractivity contribution is 5.90. The fraction of sp³-hybridized carbons (Fsp3) is 0.353. The van der Waals surface area contributed by atoms with Crippen LogP contribution < -0.4 is 0 Å². The lowest BCUT2D eigenvalue weighted by molar-refractivity contribution is 0.406. The molecule has 0 nitrogen and oxygen atoms in total. The maximum absolute atomic E-state index is 4.83. The maximum Gasteiger partial charge on any atom is 0.0239 e. The summed E-state index contributed by atoms with van der Waals surface area (Å²) in [5.41, 5.74) is 10.1. The van der Waals surface area contributed by atoms with Gasteiger partial charge in [0.15, 0.2) is 0 Å². The van der Waals surface area contributed by atoms with Crippen LogP contribution in [-0.4, -0.2) is 0 Å². The largest absolute Gasteiger partial charge is 0.0943 e. The average molecular weight is 447 g/mol. The van der Waals surface area contributed by atoms with Gasteiger partial charge in [-0.05, 0) is 71.4 Å². The highest BCUT2D eigenvalue weighted by Gasteiger charge is 2.52. The standard InChI is InChI=1S/C34H38/c1-3-4-5-8-18-31-25-32-19-13-24-34(32,33(31)30-16-11-7-12-17-30)26(2)27-20-22-29(23-21-27)28-14-9-6-10-15-28/h6-7,9-12,14-17,20-23,32H,2-5,8,13,18-19,24-25H2,1H3/t32-,34+/m1/s1. The van der Waals surface area contributed by atoms with Gasteiger partial charge in [0.2, 0.25) is 0 Å². The minimum Gasteiger partial charge on any atom is -0.0943 e. The molecule has 0 bridgehead atoms. The Bertz CT molecular complexity index is 1130. The molecule has 0 radical (unpaired) electrons. The molecule has 2 aliphatic rings. The Morgan fingerprint density at radius 3 is 2.12 bits per heavy atom. The van der Waals surface area contributed by atoms with Crippen molar-refractivity contribution in [2.45, 2.75) is 64.7 Å². The summed E-state index contributed by atoms with van der Waals surface area (Å²) in [4.78, 5) is 0. The summed E-state index contributed by atoms with van der Waals surface area (Å²) in [6, 6.07) is 31.1. The Labute approximate surface area is 206 Å². The summed E-state index contributed by atoms with van der Waals surface area (Å²) >= 11 is 0. The van der Waals surface area contributed by atoms with E-state index in [2.05, 4.69) is 91.9 Å². The van der Waals surface area contributed by atoms with Gasteiger partial charge in [-0.15, -0.1) is 0 Å². The van der Waals surface area contributed by atoms with Crippen LogP contribution in [0.25, 0.3) is 22.3 Å². The molecule has 2 atom stereocenters. The molecule has 0 saturated heterocycles. The Morgan fingerprint density at radius 2 is 1.44 bits per heavy atom. The zero-order chi connectivity index (χ0) is 23.4. The van der Waals surface area contributed by atoms with Crippen molar-refractivity contribution < 1.29 is 0 Å². The Hall–Kier alpha value is -2.86. The molecule has 0 amide bonds. The van der Waals surface area contributed by atoms with Crippen molar-refractivity contribution in [3.05, 3.63) is 108 Å². The highest BCUT2D eigenvalue weighted by Crippen LogP contribution is 2.66. The Balaban J connectivity index is 1.52. The van der Waals surface area contributed by atoms with Crippen LogP contribution in [0, 0.1) is 11.3 Å². The second-order valence-electron chi connectivity index (χ2n) is 10.3. The number of fused-ring (bicyclic) bond motifs is 1. The first-order chi connectivity index (χ1) is 16.7. The number of rotatable bonds is 9. The number of unbranched alkanes of at least 4 members (excludes halogenated alkanes) is 3. The van der Waals surface area contributed by atoms with Gasteiger partial charge in [0, 0.05) is 5.41 Å². The van der Waals surface area contributed by atoms with Gasteiger partial charge in [-0.3, -0.25) is 0 Å². The zero-order valence-electron chi connectivity index (χ0n) is 20.7. The summed E-state index contributed by atoms with van der Waals surface area (Å²) < 4.78 is 0. The maximum atomic E-state index is 4.83. The van der Waals surface area contributed by atoms with E-state index in [9.17, 15) is 0 Å². The summed E-state index contributed by atoms with van der Waals surface area (Å²) in [7, 11) is 0. The molecule has 0 heterocycles. The van der Waals surface area contributed by atoms with Crippen molar-refractivity contribution >= 4 is 11.1 Å². The Morgan fingerprint density at radius 1 is 0.794 bits per heavy atom. The van der Waals surface area contributed by atoms with Gasteiger partial charge < -0.3 is 0 Å². The third-order valence-electron chi connectivity index (χ3n) is 8.39. The van der Waals surface area contributed by atoms with Crippen molar-refractivity contribution in [1.82, 2.24) is 0 Å². The second kappa shape index (κ2) is 10.2. The van der Waals surface area contributed by atoms with Gasteiger partial charge in [-0.2, -0.15) is 0 Å². The molecule has 2 aliphatic carbocycles. The van der Waals surface area contributed by atoms with Gasteiger partial charge in [0.05, 0.1) is 0 Å². The summed E-state index contributed by atoms with van der Waals surface area (Å²) in [5.74, 6) is 0.699. The summed E-state index contributed by atoms with van der Waals surface area (Å²) in [5, 5.41) is 0. The molecule has 3 aromatic carbocycles. The van der Waals surface area contributed by atoms with E-state index in [1.54, 1.807) is 11.1 Å². The lowest BCUT2D eigenvalue weighted by atomic mass is 9.66. The molecule has 0 N–H and O–H groups in total. The Kier molecular flexibility index (Phi) is 6.86. The van der Waals surface area contributed by atoms with Crippen molar-refractivity contribution in [3.63, 3.8) is 0 Å². The van der Waals surface area contributed by atoms with Gasteiger partial charge in [-0.1, -0.05) is 130 Å². The van der Waals surface area contributed by atoms with Crippen LogP contribution in [0.3, 0.4) is 0 Å². The fourth-order valence-electron chi connectivity index (χ4n) is 6.76. The average Bonchev–Trinajstić information content (AvgIpc) is 3.44. The first-order valence-electron chi connectivity index (χ1n) is 13.4. The van der Waals surface area contributed by atoms with Gasteiger partial charge in [0.25, 0.3) is 0 Å². The normalized spacial score (nSPS) is 21.6. The third kappa shape index (κ3) is 4.20. The molecule has 3 aromatic rings.